The number of aryl methyl sites for hydroxylation is 1. The summed E-state index contributed by atoms with van der Waals surface area (Å²) in [6.45, 7) is 5.81. The number of amides is 1. The molecule has 0 saturated heterocycles. The minimum Gasteiger partial charge on any atom is -0.389 e. The van der Waals surface area contributed by atoms with Crippen LogP contribution in [0.4, 0.5) is 5.69 Å². The maximum atomic E-state index is 11.4. The molecule has 0 spiro atoms. The number of nitrogens with one attached hydrogen (secondary N) is 1. The minimum absolute atomic E-state index is 0.0861. The molecule has 0 saturated carbocycles. The highest BCUT2D eigenvalue weighted by molar-refractivity contribution is 7.80. The highest BCUT2D eigenvalue weighted by Crippen LogP contribution is 2.20. The van der Waals surface area contributed by atoms with Gasteiger partial charge in [0, 0.05) is 11.3 Å². The summed E-state index contributed by atoms with van der Waals surface area (Å²) in [4.78, 5) is 11.7. The van der Waals surface area contributed by atoms with E-state index in [1.54, 1.807) is 0 Å². The topological polar surface area (TPSA) is 81.1 Å². The molecule has 0 bridgehead atoms. The van der Waals surface area contributed by atoms with Gasteiger partial charge in [0.05, 0.1) is 0 Å². The van der Waals surface area contributed by atoms with Gasteiger partial charge in [-0.15, -0.1) is 0 Å². The minimum atomic E-state index is -0.444. The molecule has 0 aliphatic rings. The van der Waals surface area contributed by atoms with Crippen molar-refractivity contribution < 1.29 is 4.79 Å². The molecule has 0 fully saturated rings. The van der Waals surface area contributed by atoms with Crippen molar-refractivity contribution in [3.05, 3.63) is 29.3 Å². The van der Waals surface area contributed by atoms with Gasteiger partial charge < -0.3 is 16.8 Å². The lowest BCUT2D eigenvalue weighted by atomic mass is 10.0. The molecule has 1 atom stereocenters. The fourth-order valence-corrected chi connectivity index (χ4v) is 1.89. The fourth-order valence-electron chi connectivity index (χ4n) is 1.72. The van der Waals surface area contributed by atoms with E-state index in [4.69, 9.17) is 23.7 Å². The van der Waals surface area contributed by atoms with Crippen LogP contribution in [0.3, 0.4) is 0 Å². The van der Waals surface area contributed by atoms with Crippen LogP contribution in [0.1, 0.15) is 25.0 Å². The number of hydrogen-bond acceptors (Lipinski definition) is 3. The highest BCUT2D eigenvalue weighted by Gasteiger charge is 2.20. The lowest BCUT2D eigenvalue weighted by Crippen LogP contribution is -2.40. The van der Waals surface area contributed by atoms with Gasteiger partial charge in [0.2, 0.25) is 5.91 Å². The maximum Gasteiger partial charge on any atom is 0.240 e. The van der Waals surface area contributed by atoms with Crippen LogP contribution in [-0.4, -0.2) is 16.9 Å². The van der Waals surface area contributed by atoms with E-state index in [0.717, 1.165) is 16.8 Å². The zero-order chi connectivity index (χ0) is 13.9. The maximum absolute atomic E-state index is 11.4. The molecule has 18 heavy (non-hydrogen) atoms. The smallest absolute Gasteiger partial charge is 0.240 e. The van der Waals surface area contributed by atoms with Crippen molar-refractivity contribution >= 4 is 28.8 Å². The molecule has 0 heterocycles. The summed E-state index contributed by atoms with van der Waals surface area (Å²) >= 11 is 5.01. The van der Waals surface area contributed by atoms with Gasteiger partial charge in [0.1, 0.15) is 11.0 Å². The molecule has 0 radical (unpaired) electrons. The molecular formula is C13H19N3OS. The second-order valence-corrected chi connectivity index (χ2v) is 5.12. The second kappa shape index (κ2) is 5.82. The number of thiocarbonyl (C=S) groups is 1. The van der Waals surface area contributed by atoms with Crippen molar-refractivity contribution in [1.29, 1.82) is 0 Å². The van der Waals surface area contributed by atoms with Gasteiger partial charge >= 0.3 is 0 Å². The number of carbonyl (C=O) groups excluding carboxylic acids is 1. The largest absolute Gasteiger partial charge is 0.389 e. The normalized spacial score (nSPS) is 12.2. The van der Waals surface area contributed by atoms with Crippen LogP contribution in [-0.2, 0) is 4.79 Å². The first-order valence-electron chi connectivity index (χ1n) is 5.79. The van der Waals surface area contributed by atoms with Crippen LogP contribution in [0.2, 0.25) is 0 Å². The average molecular weight is 265 g/mol. The Hall–Kier alpha value is -1.62. The van der Waals surface area contributed by atoms with Crippen molar-refractivity contribution in [3.63, 3.8) is 0 Å². The Labute approximate surface area is 113 Å². The van der Waals surface area contributed by atoms with Gasteiger partial charge in [-0.1, -0.05) is 37.7 Å². The number of hydrogen-bond donors (Lipinski definition) is 3. The number of carbonyl (C=O) groups is 1. The van der Waals surface area contributed by atoms with Gasteiger partial charge in [-0.25, -0.2) is 0 Å². The summed E-state index contributed by atoms with van der Waals surface area (Å²) in [5.41, 5.74) is 13.6. The molecule has 0 aromatic heterocycles. The first kappa shape index (κ1) is 14.4. The lowest BCUT2D eigenvalue weighted by molar-refractivity contribution is -0.119. The van der Waals surface area contributed by atoms with Crippen molar-refractivity contribution in [3.8, 4) is 0 Å². The van der Waals surface area contributed by atoms with Gasteiger partial charge in [-0.05, 0) is 25.0 Å². The molecule has 1 rings (SSSR count). The summed E-state index contributed by atoms with van der Waals surface area (Å²) in [6, 6.07) is 5.24. The first-order valence-corrected chi connectivity index (χ1v) is 6.20. The third-order valence-electron chi connectivity index (χ3n) is 2.72. The Bertz CT molecular complexity index is 471. The molecule has 1 aromatic carbocycles. The number of rotatable bonds is 5. The van der Waals surface area contributed by atoms with E-state index in [0.29, 0.717) is 4.99 Å². The summed E-state index contributed by atoms with van der Waals surface area (Å²) < 4.78 is 0. The van der Waals surface area contributed by atoms with Gasteiger partial charge in [-0.2, -0.15) is 0 Å². The summed E-state index contributed by atoms with van der Waals surface area (Å²) in [6.07, 6.45) is 0. The molecule has 0 aliphatic heterocycles. The lowest BCUT2D eigenvalue weighted by Gasteiger charge is -2.22. The Balaban J connectivity index is 3.10. The molecule has 1 aromatic rings. The second-order valence-electron chi connectivity index (χ2n) is 4.68. The molecule has 0 aliphatic carbocycles. The van der Waals surface area contributed by atoms with E-state index in [1.165, 1.54) is 0 Å². The van der Waals surface area contributed by atoms with E-state index in [1.807, 2.05) is 39.0 Å². The molecule has 1 amide bonds. The fraction of sp³-hybridized carbons (Fsp3) is 0.385. The van der Waals surface area contributed by atoms with E-state index in [9.17, 15) is 4.79 Å². The molecule has 4 nitrogen and oxygen atoms in total. The summed E-state index contributed by atoms with van der Waals surface area (Å²) in [5.74, 6) is -0.303. The zero-order valence-corrected chi connectivity index (χ0v) is 11.7. The molecule has 98 valence electrons. The molecule has 1 unspecified atom stereocenters. The van der Waals surface area contributed by atoms with E-state index >= 15 is 0 Å². The third kappa shape index (κ3) is 3.43. The van der Waals surface area contributed by atoms with Crippen LogP contribution in [0.5, 0.6) is 0 Å². The third-order valence-corrected chi connectivity index (χ3v) is 2.94. The Kier molecular flexibility index (Phi) is 4.67. The Morgan fingerprint density at radius 2 is 1.94 bits per heavy atom. The standard InChI is InChI=1S/C13H19N3OS/c1-7(2)11(12(14)17)16-10-5-4-8(3)6-9(10)13(15)18/h4-7,11,16H,1-3H3,(H2,14,17)(H2,15,18). The molecule has 5 N–H and O–H groups in total. The summed E-state index contributed by atoms with van der Waals surface area (Å²) in [5, 5.41) is 3.11. The van der Waals surface area contributed by atoms with E-state index in [-0.39, 0.29) is 11.8 Å². The van der Waals surface area contributed by atoms with Gasteiger partial charge in [-0.3, -0.25) is 4.79 Å². The van der Waals surface area contributed by atoms with E-state index in [2.05, 4.69) is 5.32 Å². The van der Waals surface area contributed by atoms with Crippen LogP contribution in [0, 0.1) is 12.8 Å². The van der Waals surface area contributed by atoms with Crippen molar-refractivity contribution in [1.82, 2.24) is 0 Å². The predicted octanol–water partition coefficient (Wildman–Crippen LogP) is 1.55. The van der Waals surface area contributed by atoms with Crippen molar-refractivity contribution in [2.45, 2.75) is 26.8 Å². The highest BCUT2D eigenvalue weighted by atomic mass is 32.1. The van der Waals surface area contributed by atoms with E-state index < -0.39 is 6.04 Å². The zero-order valence-electron chi connectivity index (χ0n) is 10.9. The number of benzene rings is 1. The number of nitrogens with two attached hydrogens (primary N) is 2. The van der Waals surface area contributed by atoms with Crippen LogP contribution in [0.15, 0.2) is 18.2 Å². The Morgan fingerprint density at radius 1 is 1.33 bits per heavy atom. The van der Waals surface area contributed by atoms with Crippen molar-refractivity contribution in [2.75, 3.05) is 5.32 Å². The van der Waals surface area contributed by atoms with Gasteiger partial charge in [0.15, 0.2) is 0 Å². The SMILES string of the molecule is Cc1ccc(NC(C(N)=O)C(C)C)c(C(N)=S)c1. The quantitative estimate of drug-likeness (QED) is 0.706. The van der Waals surface area contributed by atoms with Crippen LogP contribution < -0.4 is 16.8 Å². The monoisotopic (exact) mass is 265 g/mol. The Morgan fingerprint density at radius 3 is 2.39 bits per heavy atom. The predicted molar refractivity (Wildman–Crippen MR) is 78.5 cm³/mol. The molecular weight excluding hydrogens is 246 g/mol. The average Bonchev–Trinajstić information content (AvgIpc) is 2.25. The van der Waals surface area contributed by atoms with Crippen LogP contribution >= 0.6 is 12.2 Å². The van der Waals surface area contributed by atoms with Gasteiger partial charge in [0.25, 0.3) is 0 Å². The summed E-state index contributed by atoms with van der Waals surface area (Å²) in [7, 11) is 0. The first-order chi connectivity index (χ1) is 8.32. The number of anilines is 1. The van der Waals surface area contributed by atoms with Crippen molar-refractivity contribution in [2.24, 2.45) is 17.4 Å². The molecule has 5 heteroatoms. The number of primary amides is 1. The van der Waals surface area contributed by atoms with Crippen LogP contribution in [0.25, 0.3) is 0 Å².